The highest BCUT2D eigenvalue weighted by atomic mass is 32.2. The number of likely N-dealkylation sites (tertiary alicyclic amines) is 1. The predicted octanol–water partition coefficient (Wildman–Crippen LogP) is 4.75. The molecule has 41 heavy (non-hydrogen) atoms. The van der Waals surface area contributed by atoms with Crippen molar-refractivity contribution in [3.63, 3.8) is 0 Å². The molecule has 0 saturated carbocycles. The molecular weight excluding hydrogens is 536 g/mol. The van der Waals surface area contributed by atoms with Crippen molar-refractivity contribution in [2.24, 2.45) is 11.8 Å². The number of fused-ring (bicyclic) bond motifs is 1. The first-order valence-corrected chi connectivity index (χ1v) is 15.7. The average molecular weight is 579 g/mol. The Morgan fingerprint density at radius 1 is 0.951 bits per heavy atom. The molecule has 0 radical (unpaired) electrons. The number of hydrogen-bond acceptors (Lipinski definition) is 6. The van der Waals surface area contributed by atoms with Crippen LogP contribution in [-0.2, 0) is 14.4 Å². The minimum atomic E-state index is -0.669. The van der Waals surface area contributed by atoms with Crippen LogP contribution in [0.2, 0.25) is 0 Å². The highest BCUT2D eigenvalue weighted by Crippen LogP contribution is 2.71. The second-order valence-corrected chi connectivity index (χ2v) is 13.5. The molecule has 0 aliphatic carbocycles. The molecule has 3 saturated heterocycles. The number of carbonyl (C=O) groups is 3. The number of nitrogens with zero attached hydrogens (tertiary/aromatic N) is 2. The molecule has 3 N–H and O–H groups in total. The fraction of sp³-hybridized carbons (Fsp3) is 0.531. The number of benzene rings is 2. The van der Waals surface area contributed by atoms with E-state index in [9.17, 15) is 19.5 Å². The van der Waals surface area contributed by atoms with Gasteiger partial charge in [-0.25, -0.2) is 0 Å². The van der Waals surface area contributed by atoms with Gasteiger partial charge in [0, 0.05) is 48.1 Å². The van der Waals surface area contributed by atoms with Gasteiger partial charge in [0.05, 0.1) is 16.6 Å². The lowest BCUT2D eigenvalue weighted by atomic mass is 9.66. The molecule has 3 fully saturated rings. The van der Waals surface area contributed by atoms with E-state index in [1.807, 2.05) is 54.6 Å². The van der Waals surface area contributed by atoms with Gasteiger partial charge in [0.25, 0.3) is 0 Å². The Labute approximate surface area is 247 Å². The summed E-state index contributed by atoms with van der Waals surface area (Å²) in [4.78, 5) is 46.1. The molecule has 220 valence electrons. The zero-order valence-electron chi connectivity index (χ0n) is 24.3. The maximum atomic E-state index is 14.2. The van der Waals surface area contributed by atoms with Gasteiger partial charge in [-0.3, -0.25) is 14.4 Å². The molecule has 2 bridgehead atoms. The van der Waals surface area contributed by atoms with E-state index in [0.717, 1.165) is 31.6 Å². The van der Waals surface area contributed by atoms with E-state index >= 15 is 0 Å². The van der Waals surface area contributed by atoms with Gasteiger partial charge in [0.2, 0.25) is 17.7 Å². The van der Waals surface area contributed by atoms with E-state index in [-0.39, 0.29) is 24.3 Å². The number of carbonyl (C=O) groups excluding carboxylic acids is 3. The molecule has 5 atom stereocenters. The molecule has 9 heteroatoms. The number of para-hydroxylation sites is 1. The minimum Gasteiger partial charge on any atom is -0.396 e. The Balaban J connectivity index is 1.43. The van der Waals surface area contributed by atoms with Gasteiger partial charge in [0.15, 0.2) is 0 Å². The molecule has 8 nitrogen and oxygen atoms in total. The third-order valence-electron chi connectivity index (χ3n) is 9.17. The molecule has 2 aromatic rings. The van der Waals surface area contributed by atoms with Crippen molar-refractivity contribution in [2.45, 2.75) is 68.4 Å². The van der Waals surface area contributed by atoms with Gasteiger partial charge in [-0.05, 0) is 89.3 Å². The van der Waals surface area contributed by atoms with Crippen LogP contribution >= 0.6 is 11.8 Å². The molecule has 3 aliphatic rings. The number of amides is 3. The summed E-state index contributed by atoms with van der Waals surface area (Å²) in [7, 11) is 0. The van der Waals surface area contributed by atoms with Gasteiger partial charge < -0.3 is 25.5 Å². The summed E-state index contributed by atoms with van der Waals surface area (Å²) in [5.41, 5.74) is 2.50. The summed E-state index contributed by atoms with van der Waals surface area (Å²) in [6.07, 6.45) is 3.60. The number of anilines is 3. The third kappa shape index (κ3) is 5.34. The first kappa shape index (κ1) is 29.5. The Bertz CT molecular complexity index is 1250. The largest absolute Gasteiger partial charge is 0.396 e. The second kappa shape index (κ2) is 12.1. The zero-order valence-corrected chi connectivity index (χ0v) is 25.1. The number of rotatable bonds is 12. The molecule has 2 aromatic carbocycles. The molecule has 3 aliphatic heterocycles. The Morgan fingerprint density at radius 3 is 2.27 bits per heavy atom. The van der Waals surface area contributed by atoms with Gasteiger partial charge >= 0.3 is 0 Å². The van der Waals surface area contributed by atoms with Crippen molar-refractivity contribution < 1.29 is 19.5 Å². The second-order valence-electron chi connectivity index (χ2n) is 11.6. The Morgan fingerprint density at radius 2 is 1.61 bits per heavy atom. The quantitative estimate of drug-likeness (QED) is 0.314. The fourth-order valence-corrected chi connectivity index (χ4v) is 9.59. The highest BCUT2D eigenvalue weighted by Gasteiger charge is 2.77. The van der Waals surface area contributed by atoms with E-state index in [1.54, 1.807) is 16.7 Å². The highest BCUT2D eigenvalue weighted by molar-refractivity contribution is 8.02. The number of thioether (sulfide) groups is 1. The molecule has 3 amide bonds. The summed E-state index contributed by atoms with van der Waals surface area (Å²) >= 11 is 1.68. The number of nitrogens with one attached hydrogen (secondary N) is 2. The molecule has 0 aromatic heterocycles. The lowest BCUT2D eigenvalue weighted by molar-refractivity contribution is -0.139. The van der Waals surface area contributed by atoms with Crippen molar-refractivity contribution in [3.8, 4) is 0 Å². The van der Waals surface area contributed by atoms with E-state index < -0.39 is 27.4 Å². The summed E-state index contributed by atoms with van der Waals surface area (Å²) in [6, 6.07) is 16.5. The summed E-state index contributed by atoms with van der Waals surface area (Å²) in [5.74, 6) is -1.54. The number of aliphatic hydroxyl groups excluding tert-OH is 1. The topological polar surface area (TPSA) is 102 Å². The van der Waals surface area contributed by atoms with Gasteiger partial charge in [0.1, 0.15) is 6.04 Å². The number of aliphatic hydroxyl groups is 1. The first-order valence-electron chi connectivity index (χ1n) is 14.9. The van der Waals surface area contributed by atoms with Crippen LogP contribution in [-0.4, -0.2) is 69.5 Å². The van der Waals surface area contributed by atoms with Crippen molar-refractivity contribution >= 4 is 46.5 Å². The molecule has 1 spiro atoms. The lowest BCUT2D eigenvalue weighted by Crippen LogP contribution is -2.51. The van der Waals surface area contributed by atoms with Crippen molar-refractivity contribution in [1.29, 1.82) is 0 Å². The third-order valence-corrected chi connectivity index (χ3v) is 11.2. The van der Waals surface area contributed by atoms with Crippen LogP contribution in [0.5, 0.6) is 0 Å². The molecular formula is C32H42N4O4S. The van der Waals surface area contributed by atoms with E-state index in [2.05, 4.69) is 36.3 Å². The van der Waals surface area contributed by atoms with Crippen LogP contribution in [0.3, 0.4) is 0 Å². The lowest BCUT2D eigenvalue weighted by Gasteiger charge is -2.35. The van der Waals surface area contributed by atoms with Crippen LogP contribution in [0.15, 0.2) is 54.6 Å². The first-order chi connectivity index (χ1) is 19.8. The van der Waals surface area contributed by atoms with Crippen LogP contribution in [0, 0.1) is 11.8 Å². The Kier molecular flexibility index (Phi) is 8.66. The van der Waals surface area contributed by atoms with Crippen LogP contribution in [0.4, 0.5) is 17.1 Å². The maximum Gasteiger partial charge on any atom is 0.248 e. The molecule has 2 unspecified atom stereocenters. The molecule has 3 heterocycles. The summed E-state index contributed by atoms with van der Waals surface area (Å²) in [5, 5.41) is 15.4. The van der Waals surface area contributed by atoms with E-state index in [1.165, 1.54) is 0 Å². The van der Waals surface area contributed by atoms with Gasteiger partial charge in [-0.2, -0.15) is 0 Å². The smallest absolute Gasteiger partial charge is 0.248 e. The van der Waals surface area contributed by atoms with E-state index in [0.29, 0.717) is 37.2 Å². The fourth-order valence-electron chi connectivity index (χ4n) is 7.23. The van der Waals surface area contributed by atoms with Gasteiger partial charge in [-0.1, -0.05) is 18.2 Å². The number of unbranched alkanes of at least 4 members (excludes halogenated alkanes) is 2. The average Bonchev–Trinajstić information content (AvgIpc) is 3.53. The van der Waals surface area contributed by atoms with Gasteiger partial charge in [-0.15, -0.1) is 11.8 Å². The van der Waals surface area contributed by atoms with Crippen LogP contribution in [0.1, 0.15) is 52.9 Å². The summed E-state index contributed by atoms with van der Waals surface area (Å²) in [6.45, 7) is 8.64. The van der Waals surface area contributed by atoms with E-state index in [4.69, 9.17) is 0 Å². The standard InChI is InChI=1S/C32H42N4O4S/c1-4-35(5-2)24-16-14-23(15-17-24)34-29(39)27-32-19-18-31(3,41-32)25(28(38)33-22-12-8-6-9-13-22)26(32)30(40)36(27)20-10-7-11-21-37/h6,8-9,12-17,25-27,37H,4-5,7,10-11,18-21H2,1-3H3,(H,33,38)(H,34,39)/t25-,26-,27?,31+,32?/m0/s1. The predicted molar refractivity (Wildman–Crippen MR) is 165 cm³/mol. The summed E-state index contributed by atoms with van der Waals surface area (Å²) < 4.78 is -1.08. The van der Waals surface area contributed by atoms with Crippen molar-refractivity contribution in [1.82, 2.24) is 4.90 Å². The normalized spacial score (nSPS) is 28.0. The SMILES string of the molecule is CCN(CC)c1ccc(NC(=O)C2N(CCCCCO)C(=O)[C@@H]3[C@@H](C(=O)Nc4ccccc4)[C@@]4(C)CCC23S4)cc1. The maximum absolute atomic E-state index is 14.2. The molecule has 5 rings (SSSR count). The van der Waals surface area contributed by atoms with Crippen LogP contribution < -0.4 is 15.5 Å². The number of hydrogen-bond donors (Lipinski definition) is 3. The van der Waals surface area contributed by atoms with Crippen LogP contribution in [0.25, 0.3) is 0 Å². The van der Waals surface area contributed by atoms with Crippen molar-refractivity contribution in [3.05, 3.63) is 54.6 Å². The monoisotopic (exact) mass is 578 g/mol. The zero-order chi connectivity index (χ0) is 29.2. The minimum absolute atomic E-state index is 0.101. The Hall–Kier alpha value is -3.04. The van der Waals surface area contributed by atoms with Crippen molar-refractivity contribution in [2.75, 3.05) is 41.8 Å².